The molecule has 98 valence electrons. The fourth-order valence-electron chi connectivity index (χ4n) is 2.21. The van der Waals surface area contributed by atoms with Crippen molar-refractivity contribution in [1.29, 1.82) is 0 Å². The summed E-state index contributed by atoms with van der Waals surface area (Å²) in [6.07, 6.45) is 5.72. The SMILES string of the molecule is CN=C(NC)NCCNC(=O)CC1CCCC1. The maximum absolute atomic E-state index is 11.6. The first-order valence-corrected chi connectivity index (χ1v) is 6.41. The Kier molecular flexibility index (Phi) is 6.43. The van der Waals surface area contributed by atoms with Gasteiger partial charge in [-0.1, -0.05) is 12.8 Å². The lowest BCUT2D eigenvalue weighted by molar-refractivity contribution is -0.121. The van der Waals surface area contributed by atoms with Gasteiger partial charge in [-0.2, -0.15) is 0 Å². The van der Waals surface area contributed by atoms with Crippen LogP contribution in [0.1, 0.15) is 32.1 Å². The van der Waals surface area contributed by atoms with Gasteiger partial charge in [-0.05, 0) is 18.8 Å². The second-order valence-corrected chi connectivity index (χ2v) is 4.45. The molecule has 0 aromatic carbocycles. The first-order chi connectivity index (χ1) is 8.26. The maximum atomic E-state index is 11.6. The third kappa shape index (κ3) is 5.56. The summed E-state index contributed by atoms with van der Waals surface area (Å²) < 4.78 is 0. The highest BCUT2D eigenvalue weighted by molar-refractivity contribution is 5.79. The minimum Gasteiger partial charge on any atom is -0.359 e. The zero-order valence-corrected chi connectivity index (χ0v) is 10.9. The summed E-state index contributed by atoms with van der Waals surface area (Å²) in [5.41, 5.74) is 0. The molecule has 0 aromatic heterocycles. The molecular formula is C12H24N4O. The molecule has 0 bridgehead atoms. The van der Waals surface area contributed by atoms with E-state index >= 15 is 0 Å². The molecule has 0 unspecified atom stereocenters. The lowest BCUT2D eigenvalue weighted by Gasteiger charge is -2.11. The van der Waals surface area contributed by atoms with E-state index in [9.17, 15) is 4.79 Å². The van der Waals surface area contributed by atoms with E-state index in [-0.39, 0.29) is 5.91 Å². The average Bonchev–Trinajstić information content (AvgIpc) is 2.82. The summed E-state index contributed by atoms with van der Waals surface area (Å²) in [6, 6.07) is 0. The number of nitrogens with one attached hydrogen (secondary N) is 3. The van der Waals surface area contributed by atoms with Gasteiger partial charge >= 0.3 is 0 Å². The number of carbonyl (C=O) groups excluding carboxylic acids is 1. The number of rotatable bonds is 5. The second-order valence-electron chi connectivity index (χ2n) is 4.45. The van der Waals surface area contributed by atoms with Crippen molar-refractivity contribution in [3.05, 3.63) is 0 Å². The Morgan fingerprint density at radius 1 is 1.24 bits per heavy atom. The first kappa shape index (κ1) is 13.8. The molecule has 1 aliphatic rings. The molecular weight excluding hydrogens is 216 g/mol. The monoisotopic (exact) mass is 240 g/mol. The normalized spacial score (nSPS) is 16.9. The Hall–Kier alpha value is -1.26. The van der Waals surface area contributed by atoms with Gasteiger partial charge in [-0.3, -0.25) is 9.79 Å². The third-order valence-electron chi connectivity index (χ3n) is 3.15. The Balaban J connectivity index is 2.03. The van der Waals surface area contributed by atoms with Crippen LogP contribution in [-0.4, -0.2) is 39.1 Å². The van der Waals surface area contributed by atoms with E-state index in [1.165, 1.54) is 25.7 Å². The van der Waals surface area contributed by atoms with Crippen molar-refractivity contribution in [1.82, 2.24) is 16.0 Å². The van der Waals surface area contributed by atoms with Gasteiger partial charge < -0.3 is 16.0 Å². The topological polar surface area (TPSA) is 65.5 Å². The molecule has 0 saturated heterocycles. The fourth-order valence-corrected chi connectivity index (χ4v) is 2.21. The predicted octanol–water partition coefficient (Wildman–Crippen LogP) is 0.478. The van der Waals surface area contributed by atoms with E-state index in [0.717, 1.165) is 5.96 Å². The van der Waals surface area contributed by atoms with Crippen molar-refractivity contribution in [2.24, 2.45) is 10.9 Å². The molecule has 0 aromatic rings. The van der Waals surface area contributed by atoms with Crippen molar-refractivity contribution in [3.8, 4) is 0 Å². The van der Waals surface area contributed by atoms with Gasteiger partial charge in [0, 0.05) is 33.6 Å². The van der Waals surface area contributed by atoms with Crippen LogP contribution in [0.25, 0.3) is 0 Å². The fraction of sp³-hybridized carbons (Fsp3) is 0.833. The van der Waals surface area contributed by atoms with Crippen molar-refractivity contribution >= 4 is 11.9 Å². The van der Waals surface area contributed by atoms with Crippen molar-refractivity contribution < 1.29 is 4.79 Å². The van der Waals surface area contributed by atoms with Gasteiger partial charge in [0.25, 0.3) is 0 Å². The van der Waals surface area contributed by atoms with Gasteiger partial charge in [0.2, 0.25) is 5.91 Å². The van der Waals surface area contributed by atoms with Gasteiger partial charge in [0.15, 0.2) is 5.96 Å². The highest BCUT2D eigenvalue weighted by atomic mass is 16.1. The zero-order chi connectivity index (χ0) is 12.5. The minimum absolute atomic E-state index is 0.179. The first-order valence-electron chi connectivity index (χ1n) is 6.41. The van der Waals surface area contributed by atoms with E-state index in [1.807, 2.05) is 7.05 Å². The highest BCUT2D eigenvalue weighted by Crippen LogP contribution is 2.27. The lowest BCUT2D eigenvalue weighted by atomic mass is 10.0. The molecule has 1 amide bonds. The molecule has 5 nitrogen and oxygen atoms in total. The Bertz CT molecular complexity index is 259. The largest absolute Gasteiger partial charge is 0.359 e. The molecule has 3 N–H and O–H groups in total. The standard InChI is InChI=1S/C12H24N4O/c1-13-12(14-2)16-8-7-15-11(17)9-10-5-3-4-6-10/h10H,3-9H2,1-2H3,(H,15,17)(H2,13,14,16). The number of carbonyl (C=O) groups is 1. The molecule has 0 aliphatic heterocycles. The van der Waals surface area contributed by atoms with Crippen LogP contribution in [0.2, 0.25) is 0 Å². The molecule has 1 saturated carbocycles. The molecule has 0 heterocycles. The Morgan fingerprint density at radius 3 is 2.47 bits per heavy atom. The lowest BCUT2D eigenvalue weighted by Crippen LogP contribution is -2.40. The second kappa shape index (κ2) is 7.92. The van der Waals surface area contributed by atoms with Crippen LogP contribution in [-0.2, 0) is 4.79 Å². The molecule has 0 spiro atoms. The average molecular weight is 240 g/mol. The summed E-state index contributed by atoms with van der Waals surface area (Å²) in [7, 11) is 3.53. The summed E-state index contributed by atoms with van der Waals surface area (Å²) >= 11 is 0. The van der Waals surface area contributed by atoms with Gasteiger partial charge in [0.1, 0.15) is 0 Å². The third-order valence-corrected chi connectivity index (χ3v) is 3.15. The van der Waals surface area contributed by atoms with Crippen LogP contribution >= 0.6 is 0 Å². The van der Waals surface area contributed by atoms with Gasteiger partial charge in [-0.15, -0.1) is 0 Å². The number of nitrogens with zero attached hydrogens (tertiary/aromatic N) is 1. The molecule has 5 heteroatoms. The molecule has 17 heavy (non-hydrogen) atoms. The van der Waals surface area contributed by atoms with E-state index in [0.29, 0.717) is 25.4 Å². The molecule has 0 atom stereocenters. The number of guanidine groups is 1. The van der Waals surface area contributed by atoms with Crippen molar-refractivity contribution in [2.45, 2.75) is 32.1 Å². The van der Waals surface area contributed by atoms with Gasteiger partial charge in [0.05, 0.1) is 0 Å². The molecule has 1 rings (SSSR count). The Labute approximate surface area is 103 Å². The number of aliphatic imine (C=N–C) groups is 1. The number of hydrogen-bond acceptors (Lipinski definition) is 2. The summed E-state index contributed by atoms with van der Waals surface area (Å²) in [5.74, 6) is 1.54. The van der Waals surface area contributed by atoms with Crippen molar-refractivity contribution in [2.75, 3.05) is 27.2 Å². The quantitative estimate of drug-likeness (QED) is 0.372. The summed E-state index contributed by atoms with van der Waals surface area (Å²) in [5, 5.41) is 8.95. The summed E-state index contributed by atoms with van der Waals surface area (Å²) in [6.45, 7) is 1.34. The highest BCUT2D eigenvalue weighted by Gasteiger charge is 2.17. The van der Waals surface area contributed by atoms with Crippen LogP contribution in [0.3, 0.4) is 0 Å². The van der Waals surface area contributed by atoms with E-state index in [4.69, 9.17) is 0 Å². The van der Waals surface area contributed by atoms with E-state index in [2.05, 4.69) is 20.9 Å². The van der Waals surface area contributed by atoms with E-state index in [1.54, 1.807) is 7.05 Å². The zero-order valence-electron chi connectivity index (χ0n) is 10.9. The molecule has 0 radical (unpaired) electrons. The van der Waals surface area contributed by atoms with Crippen LogP contribution < -0.4 is 16.0 Å². The van der Waals surface area contributed by atoms with Crippen LogP contribution in [0, 0.1) is 5.92 Å². The number of hydrogen-bond donors (Lipinski definition) is 3. The van der Waals surface area contributed by atoms with Crippen LogP contribution in [0.15, 0.2) is 4.99 Å². The number of amides is 1. The predicted molar refractivity (Wildman–Crippen MR) is 70.0 cm³/mol. The smallest absolute Gasteiger partial charge is 0.220 e. The van der Waals surface area contributed by atoms with Crippen LogP contribution in [0.5, 0.6) is 0 Å². The van der Waals surface area contributed by atoms with Crippen LogP contribution in [0.4, 0.5) is 0 Å². The Morgan fingerprint density at radius 2 is 1.88 bits per heavy atom. The molecule has 1 aliphatic carbocycles. The van der Waals surface area contributed by atoms with E-state index < -0.39 is 0 Å². The minimum atomic E-state index is 0.179. The molecule has 1 fully saturated rings. The van der Waals surface area contributed by atoms with Crippen molar-refractivity contribution in [3.63, 3.8) is 0 Å². The van der Waals surface area contributed by atoms with Gasteiger partial charge in [-0.25, -0.2) is 0 Å². The summed E-state index contributed by atoms with van der Waals surface area (Å²) in [4.78, 5) is 15.6. The maximum Gasteiger partial charge on any atom is 0.220 e.